The van der Waals surface area contributed by atoms with Crippen LogP contribution in [0.2, 0.25) is 0 Å². The van der Waals surface area contributed by atoms with E-state index >= 15 is 0 Å². The molecule has 3 atom stereocenters. The molecular formula is C22H21FN2O4. The summed E-state index contributed by atoms with van der Waals surface area (Å²) in [5.41, 5.74) is 0.580. The van der Waals surface area contributed by atoms with Crippen molar-refractivity contribution in [3.8, 4) is 5.75 Å². The van der Waals surface area contributed by atoms with E-state index in [9.17, 15) is 14.0 Å². The van der Waals surface area contributed by atoms with Crippen LogP contribution in [0, 0.1) is 5.82 Å². The van der Waals surface area contributed by atoms with Crippen LogP contribution in [0.25, 0.3) is 0 Å². The Morgan fingerprint density at radius 2 is 2.03 bits per heavy atom. The highest BCUT2D eigenvalue weighted by molar-refractivity contribution is 5.96. The lowest BCUT2D eigenvalue weighted by atomic mass is 10.1. The van der Waals surface area contributed by atoms with Crippen LogP contribution in [-0.2, 0) is 9.53 Å². The number of ether oxygens (including phenoxy) is 2. The first-order valence-corrected chi connectivity index (χ1v) is 9.71. The molecular weight excluding hydrogens is 375 g/mol. The summed E-state index contributed by atoms with van der Waals surface area (Å²) in [6.45, 7) is 0.972. The number of likely N-dealkylation sites (tertiary alicyclic amines) is 1. The van der Waals surface area contributed by atoms with Gasteiger partial charge in [-0.1, -0.05) is 30.3 Å². The molecule has 3 saturated heterocycles. The summed E-state index contributed by atoms with van der Waals surface area (Å²) >= 11 is 0. The summed E-state index contributed by atoms with van der Waals surface area (Å²) in [7, 11) is 1.36. The lowest BCUT2D eigenvalue weighted by Crippen LogP contribution is -2.48. The Morgan fingerprint density at radius 3 is 2.79 bits per heavy atom. The van der Waals surface area contributed by atoms with Gasteiger partial charge in [0.1, 0.15) is 6.10 Å². The Bertz CT molecular complexity index is 982. The van der Waals surface area contributed by atoms with Crippen LogP contribution in [0.1, 0.15) is 34.9 Å². The van der Waals surface area contributed by atoms with Crippen molar-refractivity contribution in [1.29, 1.82) is 0 Å². The number of hydrogen-bond donors (Lipinski definition) is 0. The van der Waals surface area contributed by atoms with Crippen LogP contribution in [-0.4, -0.2) is 53.6 Å². The summed E-state index contributed by atoms with van der Waals surface area (Å²) in [5.74, 6) is -0.738. The van der Waals surface area contributed by atoms with Gasteiger partial charge in [-0.25, -0.2) is 4.39 Å². The molecule has 0 radical (unpaired) electrons. The van der Waals surface area contributed by atoms with E-state index in [1.165, 1.54) is 25.3 Å². The molecule has 3 fully saturated rings. The van der Waals surface area contributed by atoms with E-state index in [0.717, 1.165) is 5.56 Å². The zero-order valence-corrected chi connectivity index (χ0v) is 16.0. The fourth-order valence-corrected chi connectivity index (χ4v) is 4.87. The van der Waals surface area contributed by atoms with Gasteiger partial charge in [0.05, 0.1) is 26.1 Å². The minimum Gasteiger partial charge on any atom is -0.494 e. The SMILES string of the molecule is COc1cc(C(=O)N2CC[C@@]34O[C@@H](c5ccccc5)CN3C(=O)C[C@@H]24)ccc1F. The number of amides is 2. The molecule has 0 bridgehead atoms. The second kappa shape index (κ2) is 6.56. The summed E-state index contributed by atoms with van der Waals surface area (Å²) in [6, 6.07) is 13.5. The molecule has 6 nitrogen and oxygen atoms in total. The zero-order chi connectivity index (χ0) is 20.2. The van der Waals surface area contributed by atoms with Crippen LogP contribution < -0.4 is 4.74 Å². The fourth-order valence-electron chi connectivity index (χ4n) is 4.87. The fraction of sp³-hybridized carbons (Fsp3) is 0.364. The lowest BCUT2D eigenvalue weighted by molar-refractivity contribution is -0.138. The zero-order valence-electron chi connectivity index (χ0n) is 16.0. The van der Waals surface area contributed by atoms with Gasteiger partial charge in [0.15, 0.2) is 17.3 Å². The van der Waals surface area contributed by atoms with Gasteiger partial charge in [-0.3, -0.25) is 9.59 Å². The molecule has 1 spiro atoms. The first-order valence-electron chi connectivity index (χ1n) is 9.71. The van der Waals surface area contributed by atoms with Gasteiger partial charge in [0, 0.05) is 18.5 Å². The van der Waals surface area contributed by atoms with E-state index in [4.69, 9.17) is 9.47 Å². The van der Waals surface area contributed by atoms with Crippen molar-refractivity contribution in [3.63, 3.8) is 0 Å². The van der Waals surface area contributed by atoms with Crippen molar-refractivity contribution in [2.24, 2.45) is 0 Å². The minimum absolute atomic E-state index is 0.00242. The highest BCUT2D eigenvalue weighted by Crippen LogP contribution is 2.50. The predicted octanol–water partition coefficient (Wildman–Crippen LogP) is 2.75. The Kier molecular flexibility index (Phi) is 4.10. The molecule has 3 aliphatic rings. The number of carbonyl (C=O) groups excluding carboxylic acids is 2. The highest BCUT2D eigenvalue weighted by atomic mass is 19.1. The van der Waals surface area contributed by atoms with Crippen molar-refractivity contribution >= 4 is 11.8 Å². The molecule has 0 N–H and O–H groups in total. The van der Waals surface area contributed by atoms with Gasteiger partial charge in [-0.15, -0.1) is 0 Å². The number of rotatable bonds is 3. The Balaban J connectivity index is 1.43. The third-order valence-electron chi connectivity index (χ3n) is 6.26. The van der Waals surface area contributed by atoms with Crippen molar-refractivity contribution in [1.82, 2.24) is 9.80 Å². The van der Waals surface area contributed by atoms with Crippen LogP contribution >= 0.6 is 0 Å². The van der Waals surface area contributed by atoms with E-state index < -0.39 is 11.5 Å². The molecule has 2 aromatic rings. The van der Waals surface area contributed by atoms with Crippen molar-refractivity contribution in [3.05, 3.63) is 65.5 Å². The van der Waals surface area contributed by atoms with Gasteiger partial charge in [-0.05, 0) is 23.8 Å². The number of benzene rings is 2. The van der Waals surface area contributed by atoms with Gasteiger partial charge in [0.2, 0.25) is 5.91 Å². The first-order chi connectivity index (χ1) is 14.0. The first kappa shape index (κ1) is 18.1. The predicted molar refractivity (Wildman–Crippen MR) is 102 cm³/mol. The highest BCUT2D eigenvalue weighted by Gasteiger charge is 2.65. The van der Waals surface area contributed by atoms with E-state index in [0.29, 0.717) is 25.1 Å². The van der Waals surface area contributed by atoms with E-state index in [1.807, 2.05) is 30.3 Å². The smallest absolute Gasteiger partial charge is 0.254 e. The molecule has 3 aliphatic heterocycles. The molecule has 3 heterocycles. The molecule has 7 heteroatoms. The van der Waals surface area contributed by atoms with Crippen molar-refractivity contribution in [2.45, 2.75) is 30.7 Å². The Morgan fingerprint density at radius 1 is 1.24 bits per heavy atom. The number of nitrogens with zero attached hydrogens (tertiary/aromatic N) is 2. The van der Waals surface area contributed by atoms with Crippen LogP contribution in [0.5, 0.6) is 5.75 Å². The van der Waals surface area contributed by atoms with Crippen LogP contribution in [0.4, 0.5) is 4.39 Å². The average Bonchev–Trinajstić information content (AvgIpc) is 3.37. The molecule has 150 valence electrons. The second-order valence-corrected chi connectivity index (χ2v) is 7.68. The monoisotopic (exact) mass is 396 g/mol. The van der Waals surface area contributed by atoms with Gasteiger partial charge < -0.3 is 19.3 Å². The standard InChI is InChI=1S/C22H21FN2O4/c1-28-17-11-15(7-8-16(17)23)21(27)24-10-9-22-19(24)12-20(26)25(22)13-18(29-22)14-5-3-2-4-6-14/h2-8,11,18-19H,9-10,12-13H2,1H3/t18-,19-,22+/m1/s1. The summed E-state index contributed by atoms with van der Waals surface area (Å²) in [6.07, 6.45) is 0.603. The lowest BCUT2D eigenvalue weighted by Gasteiger charge is -2.32. The maximum Gasteiger partial charge on any atom is 0.254 e. The topological polar surface area (TPSA) is 59.1 Å². The van der Waals surface area contributed by atoms with Crippen LogP contribution in [0.15, 0.2) is 48.5 Å². The quantitative estimate of drug-likeness (QED) is 0.801. The summed E-state index contributed by atoms with van der Waals surface area (Å²) in [5, 5.41) is 0. The second-order valence-electron chi connectivity index (χ2n) is 7.68. The van der Waals surface area contributed by atoms with Crippen LogP contribution in [0.3, 0.4) is 0 Å². The molecule has 0 aromatic heterocycles. The maximum atomic E-state index is 13.7. The molecule has 29 heavy (non-hydrogen) atoms. The Labute approximate surface area is 167 Å². The minimum atomic E-state index is -0.780. The molecule has 2 aromatic carbocycles. The molecule has 5 rings (SSSR count). The van der Waals surface area contributed by atoms with Gasteiger partial charge in [0.25, 0.3) is 5.91 Å². The maximum absolute atomic E-state index is 13.7. The number of halogens is 1. The number of hydrogen-bond acceptors (Lipinski definition) is 4. The normalized spacial score (nSPS) is 27.9. The summed E-state index contributed by atoms with van der Waals surface area (Å²) < 4.78 is 25.2. The summed E-state index contributed by atoms with van der Waals surface area (Å²) in [4.78, 5) is 29.4. The molecule has 0 unspecified atom stereocenters. The molecule has 0 saturated carbocycles. The third-order valence-corrected chi connectivity index (χ3v) is 6.26. The number of carbonyl (C=O) groups is 2. The third kappa shape index (κ3) is 2.64. The van der Waals surface area contributed by atoms with Gasteiger partial charge >= 0.3 is 0 Å². The Hall–Kier alpha value is -2.93. The molecule has 0 aliphatic carbocycles. The van der Waals surface area contributed by atoms with E-state index in [-0.39, 0.29) is 36.1 Å². The van der Waals surface area contributed by atoms with E-state index in [1.54, 1.807) is 9.80 Å². The van der Waals surface area contributed by atoms with Crippen molar-refractivity contribution < 1.29 is 23.5 Å². The number of methoxy groups -OCH3 is 1. The average molecular weight is 396 g/mol. The van der Waals surface area contributed by atoms with E-state index in [2.05, 4.69) is 0 Å². The van der Waals surface area contributed by atoms with Crippen molar-refractivity contribution in [2.75, 3.05) is 20.2 Å². The van der Waals surface area contributed by atoms with Gasteiger partial charge in [-0.2, -0.15) is 0 Å². The largest absolute Gasteiger partial charge is 0.494 e. The molecule has 2 amide bonds.